The number of carbonyl (C=O) groups is 2. The second-order valence-corrected chi connectivity index (χ2v) is 7.55. The first-order valence-electron chi connectivity index (χ1n) is 8.98. The number of nitrogens with zero attached hydrogens (tertiary/aromatic N) is 3. The maximum Gasteiger partial charge on any atom is 0.229 e. The summed E-state index contributed by atoms with van der Waals surface area (Å²) in [6.45, 7) is 0.315. The van der Waals surface area contributed by atoms with Gasteiger partial charge in [0.1, 0.15) is 5.75 Å². The zero-order valence-electron chi connectivity index (χ0n) is 15.2. The molecule has 1 aromatic heterocycles. The van der Waals surface area contributed by atoms with Crippen molar-refractivity contribution >= 4 is 39.1 Å². The minimum atomic E-state index is -0.458. The van der Waals surface area contributed by atoms with Gasteiger partial charge in [-0.25, -0.2) is 9.97 Å². The average Bonchev–Trinajstić information content (AvgIpc) is 3.10. The van der Waals surface area contributed by atoms with Gasteiger partial charge in [0.2, 0.25) is 11.8 Å². The van der Waals surface area contributed by atoms with Crippen molar-refractivity contribution in [2.24, 2.45) is 5.92 Å². The van der Waals surface area contributed by atoms with Crippen LogP contribution in [0.5, 0.6) is 5.75 Å². The van der Waals surface area contributed by atoms with Gasteiger partial charge < -0.3 is 15.3 Å². The number of rotatable bonds is 4. The number of aromatic hydroxyl groups is 1. The molecule has 0 saturated carbocycles. The normalized spacial score (nSPS) is 16.1. The Morgan fingerprint density at radius 2 is 1.90 bits per heavy atom. The van der Waals surface area contributed by atoms with Gasteiger partial charge in [0, 0.05) is 23.0 Å². The fraction of sp³-hybridized carbons (Fsp3) is 0.143. The molecule has 3 aromatic rings. The molecule has 8 heteroatoms. The largest absolute Gasteiger partial charge is 0.508 e. The molecule has 7 nitrogen and oxygen atoms in total. The number of carbonyl (C=O) groups excluding carboxylic acids is 2. The van der Waals surface area contributed by atoms with Crippen LogP contribution in [0, 0.1) is 5.92 Å². The maximum absolute atomic E-state index is 12.6. The summed E-state index contributed by atoms with van der Waals surface area (Å²) in [6.07, 6.45) is 3.16. The zero-order valence-corrected chi connectivity index (χ0v) is 16.8. The Kier molecular flexibility index (Phi) is 5.26. The first-order chi connectivity index (χ1) is 14.0. The molecule has 1 atom stereocenters. The lowest BCUT2D eigenvalue weighted by Crippen LogP contribution is -2.28. The van der Waals surface area contributed by atoms with E-state index in [-0.39, 0.29) is 24.0 Å². The van der Waals surface area contributed by atoms with Gasteiger partial charge in [-0.15, -0.1) is 0 Å². The fourth-order valence-electron chi connectivity index (χ4n) is 3.22. The predicted molar refractivity (Wildman–Crippen MR) is 112 cm³/mol. The molecule has 0 aliphatic carbocycles. The third-order valence-corrected chi connectivity index (χ3v) is 5.33. The number of phenolic OH excluding ortho intramolecular Hbond substituents is 1. The van der Waals surface area contributed by atoms with Crippen LogP contribution in [0.4, 0.5) is 11.4 Å². The first-order valence-corrected chi connectivity index (χ1v) is 9.78. The van der Waals surface area contributed by atoms with Gasteiger partial charge in [0.15, 0.2) is 5.82 Å². The van der Waals surface area contributed by atoms with Crippen molar-refractivity contribution in [3.8, 4) is 17.1 Å². The van der Waals surface area contributed by atoms with Gasteiger partial charge in [-0.05, 0) is 40.2 Å². The van der Waals surface area contributed by atoms with Crippen molar-refractivity contribution in [3.63, 3.8) is 0 Å². The zero-order chi connectivity index (χ0) is 20.4. The SMILES string of the molecule is O=C(Nc1cnc(-c2cccc(O)c2)nc1)C1CC(=O)N(c2ccccc2Br)C1. The molecule has 0 spiro atoms. The molecule has 2 amide bonds. The van der Waals surface area contributed by atoms with E-state index in [1.807, 2.05) is 24.3 Å². The van der Waals surface area contributed by atoms with E-state index in [2.05, 4.69) is 31.2 Å². The van der Waals surface area contributed by atoms with Crippen molar-refractivity contribution in [3.05, 3.63) is 65.4 Å². The summed E-state index contributed by atoms with van der Waals surface area (Å²) in [5, 5.41) is 12.3. The number of benzene rings is 2. The molecule has 146 valence electrons. The van der Waals surface area contributed by atoms with E-state index in [1.54, 1.807) is 29.2 Å². The lowest BCUT2D eigenvalue weighted by atomic mass is 10.1. The summed E-state index contributed by atoms with van der Waals surface area (Å²) >= 11 is 3.45. The minimum Gasteiger partial charge on any atom is -0.508 e. The Hall–Kier alpha value is -3.26. The fourth-order valence-corrected chi connectivity index (χ4v) is 3.72. The van der Waals surface area contributed by atoms with Crippen molar-refractivity contribution in [1.29, 1.82) is 0 Å². The Bertz CT molecular complexity index is 1070. The van der Waals surface area contributed by atoms with Crippen LogP contribution in [0.2, 0.25) is 0 Å². The number of nitrogens with one attached hydrogen (secondary N) is 1. The van der Waals surface area contributed by atoms with Crippen LogP contribution in [-0.4, -0.2) is 33.4 Å². The van der Waals surface area contributed by atoms with E-state index in [0.717, 1.165) is 10.2 Å². The van der Waals surface area contributed by atoms with Crippen LogP contribution in [-0.2, 0) is 9.59 Å². The van der Waals surface area contributed by atoms with Crippen LogP contribution in [0.1, 0.15) is 6.42 Å². The Labute approximate surface area is 175 Å². The van der Waals surface area contributed by atoms with Crippen LogP contribution >= 0.6 is 15.9 Å². The third kappa shape index (κ3) is 4.12. The van der Waals surface area contributed by atoms with Gasteiger partial charge in [0.25, 0.3) is 0 Å². The summed E-state index contributed by atoms with van der Waals surface area (Å²) in [4.78, 5) is 35.1. The Morgan fingerprint density at radius 3 is 2.62 bits per heavy atom. The Morgan fingerprint density at radius 1 is 1.14 bits per heavy atom. The molecule has 1 saturated heterocycles. The maximum atomic E-state index is 12.6. The average molecular weight is 453 g/mol. The van der Waals surface area contributed by atoms with Gasteiger partial charge in [-0.2, -0.15) is 0 Å². The quantitative estimate of drug-likeness (QED) is 0.630. The second-order valence-electron chi connectivity index (χ2n) is 6.69. The number of aromatic nitrogens is 2. The lowest BCUT2D eigenvalue weighted by Gasteiger charge is -2.18. The highest BCUT2D eigenvalue weighted by Gasteiger charge is 2.35. The summed E-state index contributed by atoms with van der Waals surface area (Å²) in [7, 11) is 0. The van der Waals surface area contributed by atoms with Crippen molar-refractivity contribution in [2.75, 3.05) is 16.8 Å². The summed E-state index contributed by atoms with van der Waals surface area (Å²) in [5.41, 5.74) is 1.88. The van der Waals surface area contributed by atoms with Crippen molar-refractivity contribution in [1.82, 2.24) is 9.97 Å². The van der Waals surface area contributed by atoms with Crippen LogP contribution in [0.3, 0.4) is 0 Å². The number of amides is 2. The number of hydrogen-bond donors (Lipinski definition) is 2. The molecular formula is C21H17BrN4O3. The van der Waals surface area contributed by atoms with Crippen molar-refractivity contribution in [2.45, 2.75) is 6.42 Å². The summed E-state index contributed by atoms with van der Waals surface area (Å²) in [6, 6.07) is 14.1. The summed E-state index contributed by atoms with van der Waals surface area (Å²) in [5.74, 6) is -0.228. The van der Waals surface area contributed by atoms with E-state index in [9.17, 15) is 14.7 Å². The summed E-state index contributed by atoms with van der Waals surface area (Å²) < 4.78 is 0.811. The Balaban J connectivity index is 1.43. The highest BCUT2D eigenvalue weighted by atomic mass is 79.9. The molecule has 2 N–H and O–H groups in total. The molecule has 2 aromatic carbocycles. The molecule has 1 aliphatic rings. The third-order valence-electron chi connectivity index (χ3n) is 4.66. The van der Waals surface area contributed by atoms with Gasteiger partial charge in [0.05, 0.1) is 29.7 Å². The highest BCUT2D eigenvalue weighted by Crippen LogP contribution is 2.31. The molecule has 29 heavy (non-hydrogen) atoms. The topological polar surface area (TPSA) is 95.4 Å². The molecule has 4 rings (SSSR count). The lowest BCUT2D eigenvalue weighted by molar-refractivity contribution is -0.122. The molecule has 1 fully saturated rings. The van der Waals surface area contributed by atoms with Crippen molar-refractivity contribution < 1.29 is 14.7 Å². The van der Waals surface area contributed by atoms with E-state index in [1.165, 1.54) is 12.4 Å². The number of anilines is 2. The van der Waals surface area contributed by atoms with E-state index >= 15 is 0 Å². The standard InChI is InChI=1S/C21H17BrN4O3/c22-17-6-1-2-7-18(17)26-12-14(9-19(26)28)21(29)25-15-10-23-20(24-11-15)13-4-3-5-16(27)8-13/h1-8,10-11,14,27H,9,12H2,(H,25,29). The monoisotopic (exact) mass is 452 g/mol. The molecule has 1 unspecified atom stereocenters. The first kappa shape index (κ1) is 19.1. The highest BCUT2D eigenvalue weighted by molar-refractivity contribution is 9.10. The van der Waals surface area contributed by atoms with Crippen LogP contribution < -0.4 is 10.2 Å². The van der Waals surface area contributed by atoms with Gasteiger partial charge in [-0.3, -0.25) is 9.59 Å². The smallest absolute Gasteiger partial charge is 0.229 e. The van der Waals surface area contributed by atoms with E-state index < -0.39 is 5.92 Å². The van der Waals surface area contributed by atoms with Gasteiger partial charge >= 0.3 is 0 Å². The van der Waals surface area contributed by atoms with E-state index in [4.69, 9.17) is 0 Å². The molecule has 1 aliphatic heterocycles. The van der Waals surface area contributed by atoms with Crippen LogP contribution in [0.15, 0.2) is 65.4 Å². The van der Waals surface area contributed by atoms with Gasteiger partial charge in [-0.1, -0.05) is 24.3 Å². The number of para-hydroxylation sites is 1. The molecule has 0 radical (unpaired) electrons. The second kappa shape index (κ2) is 8.00. The molecule has 2 heterocycles. The number of phenols is 1. The minimum absolute atomic E-state index is 0.0902. The number of hydrogen-bond acceptors (Lipinski definition) is 5. The van der Waals surface area contributed by atoms with Crippen LogP contribution in [0.25, 0.3) is 11.4 Å². The molecule has 0 bridgehead atoms. The number of halogens is 1. The van der Waals surface area contributed by atoms with E-state index in [0.29, 0.717) is 23.6 Å². The molecular weight excluding hydrogens is 436 g/mol. The predicted octanol–water partition coefficient (Wildman–Crippen LogP) is 3.60.